The van der Waals surface area contributed by atoms with Crippen LogP contribution in [0.3, 0.4) is 0 Å². The molecule has 1 fully saturated rings. The third-order valence-corrected chi connectivity index (χ3v) is 5.54. The summed E-state index contributed by atoms with van der Waals surface area (Å²) in [5, 5.41) is 0. The molecule has 0 amide bonds. The van der Waals surface area contributed by atoms with Crippen molar-refractivity contribution >= 4 is 5.78 Å². The lowest BCUT2D eigenvalue weighted by Crippen LogP contribution is -2.19. The number of Topliss-reactive ketones (excluding diaryl/α,β-unsaturated/α-hetero) is 1. The second-order valence-corrected chi connectivity index (χ2v) is 7.39. The molecule has 2 heteroatoms. The van der Waals surface area contributed by atoms with Crippen molar-refractivity contribution in [3.8, 4) is 5.75 Å². The molecule has 0 bridgehead atoms. The number of carbonyl (C=O) groups is 1. The zero-order chi connectivity index (χ0) is 17.6. The lowest BCUT2D eigenvalue weighted by atomic mass is 9.77. The van der Waals surface area contributed by atoms with Crippen molar-refractivity contribution in [1.82, 2.24) is 0 Å². The second kappa shape index (κ2) is 8.33. The number of hydrogen-bond donors (Lipinski definition) is 0. The fourth-order valence-electron chi connectivity index (χ4n) is 3.96. The van der Waals surface area contributed by atoms with Crippen LogP contribution in [0.2, 0.25) is 0 Å². The van der Waals surface area contributed by atoms with Gasteiger partial charge in [0.25, 0.3) is 0 Å². The smallest absolute Gasteiger partial charge is 0.163 e. The third-order valence-electron chi connectivity index (χ3n) is 5.54. The second-order valence-electron chi connectivity index (χ2n) is 7.39. The third kappa shape index (κ3) is 4.72. The maximum Gasteiger partial charge on any atom is 0.163 e. The van der Waals surface area contributed by atoms with Gasteiger partial charge in [-0.3, -0.25) is 4.79 Å². The van der Waals surface area contributed by atoms with Crippen LogP contribution in [0.15, 0.2) is 48.5 Å². The normalized spacial score (nSPS) is 20.2. The highest BCUT2D eigenvalue weighted by Crippen LogP contribution is 2.33. The zero-order valence-corrected chi connectivity index (χ0v) is 15.3. The molecule has 0 radical (unpaired) electrons. The monoisotopic (exact) mass is 336 g/mol. The van der Waals surface area contributed by atoms with E-state index >= 15 is 0 Å². The van der Waals surface area contributed by atoms with Crippen LogP contribution < -0.4 is 4.74 Å². The number of methoxy groups -OCH3 is 1. The molecule has 1 aliphatic rings. The number of benzene rings is 2. The highest BCUT2D eigenvalue weighted by atomic mass is 16.5. The molecule has 132 valence electrons. The van der Waals surface area contributed by atoms with Crippen LogP contribution in [0.5, 0.6) is 5.75 Å². The van der Waals surface area contributed by atoms with Crippen molar-refractivity contribution in [1.29, 1.82) is 0 Å². The van der Waals surface area contributed by atoms with Gasteiger partial charge in [0.2, 0.25) is 0 Å². The molecule has 0 unspecified atom stereocenters. The molecule has 0 spiro atoms. The zero-order valence-electron chi connectivity index (χ0n) is 15.3. The van der Waals surface area contributed by atoms with Gasteiger partial charge in [-0.2, -0.15) is 0 Å². The Balaban J connectivity index is 1.51. The molecule has 1 aliphatic carbocycles. The Morgan fingerprint density at radius 3 is 2.36 bits per heavy atom. The summed E-state index contributed by atoms with van der Waals surface area (Å²) >= 11 is 0. The van der Waals surface area contributed by atoms with Crippen molar-refractivity contribution in [2.24, 2.45) is 11.8 Å². The summed E-state index contributed by atoms with van der Waals surface area (Å²) in [7, 11) is 1.66. The van der Waals surface area contributed by atoms with Crippen LogP contribution in [0.1, 0.15) is 53.6 Å². The lowest BCUT2D eigenvalue weighted by Gasteiger charge is -2.28. The van der Waals surface area contributed by atoms with Gasteiger partial charge in [0.05, 0.1) is 7.11 Å². The van der Waals surface area contributed by atoms with Crippen molar-refractivity contribution in [2.45, 2.75) is 45.4 Å². The molecule has 0 saturated heterocycles. The van der Waals surface area contributed by atoms with E-state index in [4.69, 9.17) is 4.74 Å². The molecule has 2 aromatic rings. The minimum Gasteiger partial charge on any atom is -0.496 e. The highest BCUT2D eigenvalue weighted by molar-refractivity contribution is 5.96. The summed E-state index contributed by atoms with van der Waals surface area (Å²) in [5.41, 5.74) is 3.29. The van der Waals surface area contributed by atoms with E-state index in [-0.39, 0.29) is 5.78 Å². The van der Waals surface area contributed by atoms with Crippen LogP contribution in [-0.4, -0.2) is 12.9 Å². The van der Waals surface area contributed by atoms with Crippen LogP contribution in [-0.2, 0) is 6.42 Å². The Bertz CT molecular complexity index is 697. The Labute approximate surface area is 151 Å². The first-order valence-electron chi connectivity index (χ1n) is 9.37. The van der Waals surface area contributed by atoms with Gasteiger partial charge in [-0.1, -0.05) is 42.5 Å². The quantitative estimate of drug-likeness (QED) is 0.639. The largest absolute Gasteiger partial charge is 0.496 e. The Kier molecular flexibility index (Phi) is 5.91. The fraction of sp³-hybridized carbons (Fsp3) is 0.435. The Morgan fingerprint density at radius 2 is 1.68 bits per heavy atom. The fourth-order valence-corrected chi connectivity index (χ4v) is 3.96. The predicted molar refractivity (Wildman–Crippen MR) is 102 cm³/mol. The van der Waals surface area contributed by atoms with Gasteiger partial charge in [-0.05, 0) is 68.1 Å². The number of rotatable bonds is 6. The average molecular weight is 336 g/mol. The van der Waals surface area contributed by atoms with Crippen LogP contribution >= 0.6 is 0 Å². The van der Waals surface area contributed by atoms with Gasteiger partial charge in [0.15, 0.2) is 5.78 Å². The van der Waals surface area contributed by atoms with Gasteiger partial charge < -0.3 is 4.74 Å². The van der Waals surface area contributed by atoms with E-state index in [9.17, 15) is 4.79 Å². The molecular formula is C23H28O2. The molecule has 2 nitrogen and oxygen atoms in total. The van der Waals surface area contributed by atoms with Gasteiger partial charge in [0, 0.05) is 12.0 Å². The topological polar surface area (TPSA) is 26.3 Å². The molecule has 2 aromatic carbocycles. The standard InChI is InChI=1S/C23H28O2/c1-17-8-13-21(16-23(17)25-2)22(24)15-20-11-9-19(10-12-20)14-18-6-4-3-5-7-18/h3-8,13,16,19-20H,9-12,14-15H2,1-2H3. The summed E-state index contributed by atoms with van der Waals surface area (Å²) in [6, 6.07) is 16.6. The number of ketones is 1. The SMILES string of the molecule is COc1cc(C(=O)CC2CCC(Cc3ccccc3)CC2)ccc1C. The first-order valence-corrected chi connectivity index (χ1v) is 9.37. The van der Waals surface area contributed by atoms with Crippen molar-refractivity contribution < 1.29 is 9.53 Å². The molecule has 0 N–H and O–H groups in total. The van der Waals surface area contributed by atoms with E-state index in [1.165, 1.54) is 37.7 Å². The molecule has 3 rings (SSSR count). The number of ether oxygens (including phenoxy) is 1. The van der Waals surface area contributed by atoms with E-state index < -0.39 is 0 Å². The summed E-state index contributed by atoms with van der Waals surface area (Å²) in [6.07, 6.45) is 6.67. The lowest BCUT2D eigenvalue weighted by molar-refractivity contribution is 0.0942. The Hall–Kier alpha value is -2.09. The minimum atomic E-state index is 0.254. The van der Waals surface area contributed by atoms with E-state index in [2.05, 4.69) is 30.3 Å². The Morgan fingerprint density at radius 1 is 1.00 bits per heavy atom. The van der Waals surface area contributed by atoms with Crippen LogP contribution in [0.4, 0.5) is 0 Å². The van der Waals surface area contributed by atoms with E-state index in [1.807, 2.05) is 25.1 Å². The van der Waals surface area contributed by atoms with Crippen LogP contribution in [0.25, 0.3) is 0 Å². The van der Waals surface area contributed by atoms with E-state index in [0.29, 0.717) is 12.3 Å². The molecule has 0 heterocycles. The molecule has 0 aliphatic heterocycles. The molecule has 0 atom stereocenters. The number of aryl methyl sites for hydroxylation is 1. The molecular weight excluding hydrogens is 308 g/mol. The maximum atomic E-state index is 12.6. The van der Waals surface area contributed by atoms with E-state index in [1.54, 1.807) is 7.11 Å². The van der Waals surface area contributed by atoms with Crippen molar-refractivity contribution in [3.63, 3.8) is 0 Å². The number of hydrogen-bond acceptors (Lipinski definition) is 2. The molecule has 1 saturated carbocycles. The maximum absolute atomic E-state index is 12.6. The van der Waals surface area contributed by atoms with Gasteiger partial charge in [-0.25, -0.2) is 0 Å². The number of carbonyl (C=O) groups excluding carboxylic acids is 1. The first kappa shape index (κ1) is 17.7. The highest BCUT2D eigenvalue weighted by Gasteiger charge is 2.24. The van der Waals surface area contributed by atoms with Gasteiger partial charge in [-0.15, -0.1) is 0 Å². The van der Waals surface area contributed by atoms with Gasteiger partial charge in [0.1, 0.15) is 5.75 Å². The summed E-state index contributed by atoms with van der Waals surface area (Å²) < 4.78 is 5.34. The van der Waals surface area contributed by atoms with Crippen molar-refractivity contribution in [2.75, 3.05) is 7.11 Å². The summed E-state index contributed by atoms with van der Waals surface area (Å²) in [6.45, 7) is 2.00. The molecule has 25 heavy (non-hydrogen) atoms. The predicted octanol–water partition coefficient (Wildman–Crippen LogP) is 5.63. The summed E-state index contributed by atoms with van der Waals surface area (Å²) in [4.78, 5) is 12.6. The minimum absolute atomic E-state index is 0.254. The van der Waals surface area contributed by atoms with E-state index in [0.717, 1.165) is 22.8 Å². The average Bonchev–Trinajstić information content (AvgIpc) is 2.64. The van der Waals surface area contributed by atoms with Crippen LogP contribution in [0, 0.1) is 18.8 Å². The van der Waals surface area contributed by atoms with Gasteiger partial charge >= 0.3 is 0 Å². The summed E-state index contributed by atoms with van der Waals surface area (Å²) in [5.74, 6) is 2.36. The van der Waals surface area contributed by atoms with Crippen molar-refractivity contribution in [3.05, 3.63) is 65.2 Å². The molecule has 0 aromatic heterocycles. The first-order chi connectivity index (χ1) is 12.2.